The van der Waals surface area contributed by atoms with Gasteiger partial charge in [-0.25, -0.2) is 0 Å². The Kier molecular flexibility index (Phi) is 3.09. The third-order valence-electron chi connectivity index (χ3n) is 2.36. The fourth-order valence-corrected chi connectivity index (χ4v) is 1.43. The summed E-state index contributed by atoms with van der Waals surface area (Å²) in [5, 5.41) is 16.1. The normalized spacial score (nSPS) is 10.2. The second-order valence-electron chi connectivity index (χ2n) is 3.75. The number of amides is 1. The van der Waals surface area contributed by atoms with E-state index >= 15 is 0 Å². The van der Waals surface area contributed by atoms with Crippen molar-refractivity contribution in [3.63, 3.8) is 0 Å². The highest BCUT2D eigenvalue weighted by molar-refractivity contribution is 5.90. The van der Waals surface area contributed by atoms with E-state index < -0.39 is 0 Å². The Morgan fingerprint density at radius 3 is 3.00 bits per heavy atom. The minimum Gasteiger partial charge on any atom is -0.508 e. The number of carbonyl (C=O) groups excluding carboxylic acids is 1. The highest BCUT2D eigenvalue weighted by atomic mass is 16.3. The van der Waals surface area contributed by atoms with Gasteiger partial charge in [-0.2, -0.15) is 5.10 Å². The predicted molar refractivity (Wildman–Crippen MR) is 63.7 cm³/mol. The number of phenols is 1. The van der Waals surface area contributed by atoms with Gasteiger partial charge >= 0.3 is 0 Å². The number of nitrogens with one attached hydrogen (secondary N) is 1. The molecule has 2 aromatic rings. The lowest BCUT2D eigenvalue weighted by Gasteiger charge is -2.06. The number of benzene rings is 1. The van der Waals surface area contributed by atoms with Gasteiger partial charge in [0.2, 0.25) is 5.91 Å². The maximum Gasteiger partial charge on any atom is 0.246 e. The van der Waals surface area contributed by atoms with Gasteiger partial charge in [-0.1, -0.05) is 6.07 Å². The van der Waals surface area contributed by atoms with Crippen molar-refractivity contribution < 1.29 is 9.90 Å². The van der Waals surface area contributed by atoms with Gasteiger partial charge in [0.25, 0.3) is 0 Å². The van der Waals surface area contributed by atoms with Crippen molar-refractivity contribution >= 4 is 11.6 Å². The SMILES string of the molecule is Cc1ccc(NC(=O)Cn2cccn2)cc1O. The Bertz CT molecular complexity index is 521. The highest BCUT2D eigenvalue weighted by Gasteiger charge is 2.05. The molecule has 0 spiro atoms. The first-order valence-corrected chi connectivity index (χ1v) is 5.22. The van der Waals surface area contributed by atoms with Crippen LogP contribution in [-0.2, 0) is 11.3 Å². The Morgan fingerprint density at radius 1 is 1.53 bits per heavy atom. The standard InChI is InChI=1S/C12H13N3O2/c1-9-3-4-10(7-11(9)16)14-12(17)8-15-6-2-5-13-15/h2-7,16H,8H2,1H3,(H,14,17). The van der Waals surface area contributed by atoms with Crippen molar-refractivity contribution in [3.05, 3.63) is 42.2 Å². The van der Waals surface area contributed by atoms with Crippen LogP contribution < -0.4 is 5.32 Å². The summed E-state index contributed by atoms with van der Waals surface area (Å²) in [4.78, 5) is 11.6. The van der Waals surface area contributed by atoms with E-state index in [1.807, 2.05) is 0 Å². The van der Waals surface area contributed by atoms with E-state index in [4.69, 9.17) is 0 Å². The number of aromatic hydroxyl groups is 1. The van der Waals surface area contributed by atoms with Gasteiger partial charge in [-0.15, -0.1) is 0 Å². The zero-order valence-electron chi connectivity index (χ0n) is 9.42. The van der Waals surface area contributed by atoms with E-state index in [0.717, 1.165) is 5.56 Å². The third kappa shape index (κ3) is 2.84. The predicted octanol–water partition coefficient (Wildman–Crippen LogP) is 1.54. The number of aryl methyl sites for hydroxylation is 1. The molecule has 0 aliphatic rings. The number of nitrogens with zero attached hydrogens (tertiary/aromatic N) is 2. The number of hydrogen-bond acceptors (Lipinski definition) is 3. The van der Waals surface area contributed by atoms with E-state index in [2.05, 4.69) is 10.4 Å². The molecule has 5 nitrogen and oxygen atoms in total. The number of anilines is 1. The molecule has 0 unspecified atom stereocenters. The molecule has 1 heterocycles. The molecule has 0 aliphatic heterocycles. The Morgan fingerprint density at radius 2 is 2.35 bits per heavy atom. The van der Waals surface area contributed by atoms with Crippen LogP contribution in [0.25, 0.3) is 0 Å². The lowest BCUT2D eigenvalue weighted by Crippen LogP contribution is -2.18. The molecule has 2 N–H and O–H groups in total. The second kappa shape index (κ2) is 4.69. The fourth-order valence-electron chi connectivity index (χ4n) is 1.43. The summed E-state index contributed by atoms with van der Waals surface area (Å²) in [6.07, 6.45) is 3.33. The summed E-state index contributed by atoms with van der Waals surface area (Å²) < 4.78 is 1.53. The average molecular weight is 231 g/mol. The first-order chi connectivity index (χ1) is 8.15. The smallest absolute Gasteiger partial charge is 0.246 e. The molecule has 1 aromatic heterocycles. The molecule has 1 aromatic carbocycles. The van der Waals surface area contributed by atoms with Gasteiger partial charge in [0.15, 0.2) is 0 Å². The number of phenolic OH excluding ortho intramolecular Hbond substituents is 1. The van der Waals surface area contributed by atoms with E-state index in [1.165, 1.54) is 10.7 Å². The van der Waals surface area contributed by atoms with Crippen molar-refractivity contribution in [1.29, 1.82) is 0 Å². The number of rotatable bonds is 3. The quantitative estimate of drug-likeness (QED) is 0.841. The Labute approximate surface area is 98.7 Å². The van der Waals surface area contributed by atoms with Crippen LogP contribution in [0.3, 0.4) is 0 Å². The van der Waals surface area contributed by atoms with Crippen molar-refractivity contribution in [3.8, 4) is 5.75 Å². The summed E-state index contributed by atoms with van der Waals surface area (Å²) >= 11 is 0. The summed E-state index contributed by atoms with van der Waals surface area (Å²) in [7, 11) is 0. The zero-order valence-corrected chi connectivity index (χ0v) is 9.42. The molecule has 0 atom stereocenters. The second-order valence-corrected chi connectivity index (χ2v) is 3.75. The number of carbonyl (C=O) groups is 1. The van der Waals surface area contributed by atoms with Crippen LogP contribution in [-0.4, -0.2) is 20.8 Å². The molecule has 0 radical (unpaired) electrons. The molecular weight excluding hydrogens is 218 g/mol. The van der Waals surface area contributed by atoms with Gasteiger partial charge in [-0.05, 0) is 24.6 Å². The largest absolute Gasteiger partial charge is 0.508 e. The van der Waals surface area contributed by atoms with Crippen LogP contribution in [0.4, 0.5) is 5.69 Å². The molecule has 88 valence electrons. The van der Waals surface area contributed by atoms with Gasteiger partial charge in [0.1, 0.15) is 12.3 Å². The van der Waals surface area contributed by atoms with Crippen LogP contribution in [0.2, 0.25) is 0 Å². The van der Waals surface area contributed by atoms with E-state index in [0.29, 0.717) is 5.69 Å². The van der Waals surface area contributed by atoms with Crippen molar-refractivity contribution in [2.24, 2.45) is 0 Å². The van der Waals surface area contributed by atoms with E-state index in [1.54, 1.807) is 37.5 Å². The summed E-state index contributed by atoms with van der Waals surface area (Å²) in [6.45, 7) is 1.95. The summed E-state index contributed by atoms with van der Waals surface area (Å²) in [6, 6.07) is 6.77. The number of aromatic nitrogens is 2. The monoisotopic (exact) mass is 231 g/mol. The van der Waals surface area contributed by atoms with Crippen LogP contribution in [0.1, 0.15) is 5.56 Å². The molecule has 2 rings (SSSR count). The lowest BCUT2D eigenvalue weighted by atomic mass is 10.2. The van der Waals surface area contributed by atoms with Crippen LogP contribution in [0.5, 0.6) is 5.75 Å². The lowest BCUT2D eigenvalue weighted by molar-refractivity contribution is -0.116. The maximum atomic E-state index is 11.6. The van der Waals surface area contributed by atoms with Crippen LogP contribution in [0.15, 0.2) is 36.7 Å². The molecule has 0 saturated heterocycles. The third-order valence-corrected chi connectivity index (χ3v) is 2.36. The first-order valence-electron chi connectivity index (χ1n) is 5.22. The molecule has 0 saturated carbocycles. The van der Waals surface area contributed by atoms with Crippen molar-refractivity contribution in [2.75, 3.05) is 5.32 Å². The minimum atomic E-state index is -0.183. The van der Waals surface area contributed by atoms with Crippen molar-refractivity contribution in [1.82, 2.24) is 9.78 Å². The van der Waals surface area contributed by atoms with Gasteiger partial charge < -0.3 is 10.4 Å². The van der Waals surface area contributed by atoms with Gasteiger partial charge in [0.05, 0.1) is 0 Å². The molecule has 5 heteroatoms. The zero-order chi connectivity index (χ0) is 12.3. The molecule has 0 aliphatic carbocycles. The number of hydrogen-bond donors (Lipinski definition) is 2. The first kappa shape index (κ1) is 11.2. The van der Waals surface area contributed by atoms with E-state index in [9.17, 15) is 9.90 Å². The maximum absolute atomic E-state index is 11.6. The van der Waals surface area contributed by atoms with Gasteiger partial charge in [-0.3, -0.25) is 9.48 Å². The molecular formula is C12H13N3O2. The molecule has 1 amide bonds. The Hall–Kier alpha value is -2.30. The minimum absolute atomic E-state index is 0.154. The van der Waals surface area contributed by atoms with Crippen molar-refractivity contribution in [2.45, 2.75) is 13.5 Å². The average Bonchev–Trinajstić information content (AvgIpc) is 2.76. The van der Waals surface area contributed by atoms with Crippen LogP contribution >= 0.6 is 0 Å². The molecule has 17 heavy (non-hydrogen) atoms. The Balaban J connectivity index is 2.00. The molecule has 0 fully saturated rings. The molecule has 0 bridgehead atoms. The fraction of sp³-hybridized carbons (Fsp3) is 0.167. The summed E-state index contributed by atoms with van der Waals surface area (Å²) in [5.74, 6) is -0.0150. The van der Waals surface area contributed by atoms with E-state index in [-0.39, 0.29) is 18.2 Å². The highest BCUT2D eigenvalue weighted by Crippen LogP contribution is 2.20. The van der Waals surface area contributed by atoms with Gasteiger partial charge in [0, 0.05) is 24.1 Å². The van der Waals surface area contributed by atoms with Crippen LogP contribution in [0, 0.1) is 6.92 Å². The summed E-state index contributed by atoms with van der Waals surface area (Å²) in [5.41, 5.74) is 1.35. The topological polar surface area (TPSA) is 67.2 Å².